The van der Waals surface area contributed by atoms with Gasteiger partial charge in [-0.1, -0.05) is 13.8 Å². The number of anilines is 1. The molecule has 1 aliphatic rings. The van der Waals surface area contributed by atoms with Gasteiger partial charge >= 0.3 is 0 Å². The van der Waals surface area contributed by atoms with Crippen molar-refractivity contribution < 1.29 is 9.53 Å². The molecule has 0 bridgehead atoms. The van der Waals surface area contributed by atoms with E-state index in [-0.39, 0.29) is 5.91 Å². The second kappa shape index (κ2) is 6.64. The van der Waals surface area contributed by atoms with Gasteiger partial charge in [0, 0.05) is 18.8 Å². The number of amides is 1. The molecule has 1 unspecified atom stereocenters. The summed E-state index contributed by atoms with van der Waals surface area (Å²) in [7, 11) is 0. The van der Waals surface area contributed by atoms with Crippen molar-refractivity contribution in [1.29, 1.82) is 0 Å². The van der Waals surface area contributed by atoms with Crippen LogP contribution in [0.25, 0.3) is 0 Å². The number of carbonyl (C=O) groups excluding carboxylic acids is 1. The Balaban J connectivity index is 1.72. The monoisotopic (exact) mass is 276 g/mol. The van der Waals surface area contributed by atoms with Crippen LogP contribution in [0.1, 0.15) is 26.7 Å². The molecule has 2 N–H and O–H groups in total. The smallest absolute Gasteiger partial charge is 0.226 e. The van der Waals surface area contributed by atoms with Crippen molar-refractivity contribution in [3.8, 4) is 5.75 Å². The van der Waals surface area contributed by atoms with Gasteiger partial charge in [-0.15, -0.1) is 0 Å². The number of carbonyl (C=O) groups is 1. The molecule has 0 radical (unpaired) electrons. The summed E-state index contributed by atoms with van der Waals surface area (Å²) in [6, 6.07) is 7.24. The molecule has 1 aromatic rings. The third-order valence-electron chi connectivity index (χ3n) is 3.98. The van der Waals surface area contributed by atoms with Crippen LogP contribution in [0.4, 0.5) is 5.69 Å². The summed E-state index contributed by atoms with van der Waals surface area (Å²) < 4.78 is 5.56. The minimum Gasteiger partial charge on any atom is -0.493 e. The van der Waals surface area contributed by atoms with E-state index in [0.717, 1.165) is 25.3 Å². The quantitative estimate of drug-likeness (QED) is 0.841. The average molecular weight is 276 g/mol. The van der Waals surface area contributed by atoms with Crippen molar-refractivity contribution in [3.05, 3.63) is 24.3 Å². The van der Waals surface area contributed by atoms with Gasteiger partial charge in [0.1, 0.15) is 5.75 Å². The molecule has 110 valence electrons. The topological polar surface area (TPSA) is 55.6 Å². The molecule has 4 nitrogen and oxygen atoms in total. The molecule has 0 spiro atoms. The Morgan fingerprint density at radius 2 is 2.10 bits per heavy atom. The van der Waals surface area contributed by atoms with Crippen LogP contribution in [0.2, 0.25) is 0 Å². The number of hydrogen-bond donors (Lipinski definition) is 1. The Morgan fingerprint density at radius 1 is 1.40 bits per heavy atom. The van der Waals surface area contributed by atoms with Crippen LogP contribution in [0.15, 0.2) is 24.3 Å². The number of nitrogens with zero attached hydrogens (tertiary/aromatic N) is 1. The van der Waals surface area contributed by atoms with E-state index in [9.17, 15) is 4.79 Å². The van der Waals surface area contributed by atoms with Crippen LogP contribution in [0.3, 0.4) is 0 Å². The molecule has 2 rings (SSSR count). The molecule has 4 heteroatoms. The molecule has 1 fully saturated rings. The van der Waals surface area contributed by atoms with Crippen LogP contribution < -0.4 is 10.5 Å². The lowest BCUT2D eigenvalue weighted by Gasteiger charge is -2.18. The SMILES string of the molecule is CC(C)C1CCN(C(=O)CCOc2ccc(N)cc2)C1. The second-order valence-electron chi connectivity index (χ2n) is 5.80. The molecule has 1 atom stereocenters. The van der Waals surface area contributed by atoms with E-state index in [1.807, 2.05) is 17.0 Å². The van der Waals surface area contributed by atoms with Gasteiger partial charge in [0.25, 0.3) is 0 Å². The van der Waals surface area contributed by atoms with E-state index >= 15 is 0 Å². The van der Waals surface area contributed by atoms with Crippen LogP contribution in [-0.4, -0.2) is 30.5 Å². The third-order valence-corrected chi connectivity index (χ3v) is 3.98. The Morgan fingerprint density at radius 3 is 2.70 bits per heavy atom. The van der Waals surface area contributed by atoms with Crippen LogP contribution in [-0.2, 0) is 4.79 Å². The van der Waals surface area contributed by atoms with Crippen LogP contribution in [0.5, 0.6) is 5.75 Å². The van der Waals surface area contributed by atoms with Gasteiger partial charge in [-0.3, -0.25) is 4.79 Å². The van der Waals surface area contributed by atoms with Gasteiger partial charge < -0.3 is 15.4 Å². The number of benzene rings is 1. The summed E-state index contributed by atoms with van der Waals surface area (Å²) >= 11 is 0. The lowest BCUT2D eigenvalue weighted by atomic mass is 9.95. The van der Waals surface area contributed by atoms with Crippen molar-refractivity contribution in [2.75, 3.05) is 25.4 Å². The van der Waals surface area contributed by atoms with Gasteiger partial charge in [-0.25, -0.2) is 0 Å². The van der Waals surface area contributed by atoms with E-state index < -0.39 is 0 Å². The summed E-state index contributed by atoms with van der Waals surface area (Å²) in [6.45, 7) is 6.67. The van der Waals surface area contributed by atoms with Gasteiger partial charge in [0.15, 0.2) is 0 Å². The Hall–Kier alpha value is -1.71. The molecule has 1 heterocycles. The summed E-state index contributed by atoms with van der Waals surface area (Å²) in [4.78, 5) is 14.1. The van der Waals surface area contributed by atoms with Gasteiger partial charge in [-0.2, -0.15) is 0 Å². The first kappa shape index (κ1) is 14.7. The first-order valence-electron chi connectivity index (χ1n) is 7.32. The largest absolute Gasteiger partial charge is 0.493 e. The zero-order chi connectivity index (χ0) is 14.5. The minimum absolute atomic E-state index is 0.198. The highest BCUT2D eigenvalue weighted by Crippen LogP contribution is 2.24. The van der Waals surface area contributed by atoms with Gasteiger partial charge in [0.2, 0.25) is 5.91 Å². The maximum absolute atomic E-state index is 12.1. The molecule has 0 aromatic heterocycles. The summed E-state index contributed by atoms with van der Waals surface area (Å²) in [6.07, 6.45) is 1.57. The zero-order valence-electron chi connectivity index (χ0n) is 12.3. The number of nitrogens with two attached hydrogens (primary N) is 1. The zero-order valence-corrected chi connectivity index (χ0v) is 12.3. The number of rotatable bonds is 5. The fraction of sp³-hybridized carbons (Fsp3) is 0.562. The Kier molecular flexibility index (Phi) is 4.88. The number of ether oxygens (including phenoxy) is 1. The average Bonchev–Trinajstić information content (AvgIpc) is 2.91. The van der Waals surface area contributed by atoms with E-state index in [1.165, 1.54) is 0 Å². The minimum atomic E-state index is 0.198. The maximum atomic E-state index is 12.1. The van der Waals surface area contributed by atoms with Crippen LogP contribution >= 0.6 is 0 Å². The van der Waals surface area contributed by atoms with Gasteiger partial charge in [0.05, 0.1) is 13.0 Å². The Labute approximate surface area is 120 Å². The third kappa shape index (κ3) is 3.89. The fourth-order valence-electron chi connectivity index (χ4n) is 2.54. The van der Waals surface area contributed by atoms with Crippen LogP contribution in [0, 0.1) is 11.8 Å². The van der Waals surface area contributed by atoms with Crippen molar-refractivity contribution in [3.63, 3.8) is 0 Å². The van der Waals surface area contributed by atoms with Gasteiger partial charge in [-0.05, 0) is 42.5 Å². The molecular formula is C16H24N2O2. The normalized spacial score (nSPS) is 18.6. The molecule has 1 amide bonds. The first-order valence-corrected chi connectivity index (χ1v) is 7.32. The maximum Gasteiger partial charge on any atom is 0.226 e. The highest BCUT2D eigenvalue weighted by Gasteiger charge is 2.27. The fourth-order valence-corrected chi connectivity index (χ4v) is 2.54. The summed E-state index contributed by atoms with van der Waals surface area (Å²) in [5, 5.41) is 0. The lowest BCUT2D eigenvalue weighted by molar-refractivity contribution is -0.130. The van der Waals surface area contributed by atoms with E-state index in [2.05, 4.69) is 13.8 Å². The molecular weight excluding hydrogens is 252 g/mol. The first-order chi connectivity index (χ1) is 9.56. The van der Waals surface area contributed by atoms with Crippen molar-refractivity contribution in [2.24, 2.45) is 11.8 Å². The van der Waals surface area contributed by atoms with E-state index in [0.29, 0.717) is 30.6 Å². The molecule has 1 saturated heterocycles. The van der Waals surface area contributed by atoms with Crippen molar-refractivity contribution in [1.82, 2.24) is 4.90 Å². The lowest BCUT2D eigenvalue weighted by Crippen LogP contribution is -2.30. The number of nitrogen functional groups attached to an aromatic ring is 1. The summed E-state index contributed by atoms with van der Waals surface area (Å²) in [5.74, 6) is 2.26. The molecule has 20 heavy (non-hydrogen) atoms. The molecule has 1 aliphatic heterocycles. The standard InChI is InChI=1S/C16H24N2O2/c1-12(2)13-7-9-18(11-13)16(19)8-10-20-15-5-3-14(17)4-6-15/h3-6,12-13H,7-11,17H2,1-2H3. The number of likely N-dealkylation sites (tertiary alicyclic amines) is 1. The second-order valence-corrected chi connectivity index (χ2v) is 5.80. The Bertz CT molecular complexity index is 442. The highest BCUT2D eigenvalue weighted by atomic mass is 16.5. The predicted molar refractivity (Wildman–Crippen MR) is 80.5 cm³/mol. The summed E-state index contributed by atoms with van der Waals surface area (Å²) in [5.41, 5.74) is 6.32. The van der Waals surface area contributed by atoms with E-state index in [4.69, 9.17) is 10.5 Å². The van der Waals surface area contributed by atoms with Crippen molar-refractivity contribution in [2.45, 2.75) is 26.7 Å². The highest BCUT2D eigenvalue weighted by molar-refractivity contribution is 5.76. The molecule has 0 aliphatic carbocycles. The number of hydrogen-bond acceptors (Lipinski definition) is 3. The molecule has 0 saturated carbocycles. The van der Waals surface area contributed by atoms with Crippen molar-refractivity contribution >= 4 is 11.6 Å². The molecule has 1 aromatic carbocycles. The van der Waals surface area contributed by atoms with E-state index in [1.54, 1.807) is 12.1 Å². The predicted octanol–water partition coefficient (Wildman–Crippen LogP) is 2.54.